The number of aliphatic hydroxyl groups is 2. The van der Waals surface area contributed by atoms with E-state index in [1.165, 1.54) is 6.92 Å². The molecule has 0 fully saturated rings. The maximum absolute atomic E-state index is 10.8. The molecule has 1 rings (SSSR count). The molecule has 0 aliphatic carbocycles. The third kappa shape index (κ3) is 4.54. The van der Waals surface area contributed by atoms with E-state index in [1.807, 2.05) is 30.3 Å². The van der Waals surface area contributed by atoms with Crippen LogP contribution < -0.4 is 5.32 Å². The van der Waals surface area contributed by atoms with Crippen LogP contribution in [0.2, 0.25) is 0 Å². The normalized spacial score (nSPS) is 13.2. The molecule has 1 aromatic carbocycles. The number of amides is 1. The molecule has 1 unspecified atom stereocenters. The fraction of sp³-hybridized carbons (Fsp3) is 0.462. The Kier molecular flexibility index (Phi) is 4.66. The average molecular weight is 237 g/mol. The van der Waals surface area contributed by atoms with Crippen molar-refractivity contribution < 1.29 is 15.0 Å². The number of carbonyl (C=O) groups excluding carboxylic acids is 1. The zero-order chi connectivity index (χ0) is 12.9. The van der Waals surface area contributed by atoms with Crippen LogP contribution in [0.25, 0.3) is 0 Å². The van der Waals surface area contributed by atoms with Gasteiger partial charge in [0, 0.05) is 13.3 Å². The summed E-state index contributed by atoms with van der Waals surface area (Å²) >= 11 is 0. The van der Waals surface area contributed by atoms with Crippen LogP contribution >= 0.6 is 0 Å². The van der Waals surface area contributed by atoms with Crippen LogP contribution in [-0.4, -0.2) is 27.9 Å². The van der Waals surface area contributed by atoms with E-state index in [0.29, 0.717) is 6.42 Å². The quantitative estimate of drug-likeness (QED) is 0.664. The van der Waals surface area contributed by atoms with Crippen LogP contribution in [0, 0.1) is 0 Å². The molecule has 0 bridgehead atoms. The fourth-order valence-corrected chi connectivity index (χ4v) is 1.61. The van der Waals surface area contributed by atoms with Gasteiger partial charge in [-0.25, -0.2) is 0 Å². The first-order valence-electron chi connectivity index (χ1n) is 5.67. The molecular weight excluding hydrogens is 218 g/mol. The van der Waals surface area contributed by atoms with Crippen molar-refractivity contribution in [1.29, 1.82) is 0 Å². The third-order valence-corrected chi connectivity index (χ3v) is 2.74. The molecule has 94 valence electrons. The summed E-state index contributed by atoms with van der Waals surface area (Å²) < 4.78 is 0. The van der Waals surface area contributed by atoms with E-state index in [9.17, 15) is 15.0 Å². The Balaban J connectivity index is 2.52. The molecule has 0 aliphatic rings. The van der Waals surface area contributed by atoms with Crippen molar-refractivity contribution in [2.75, 3.05) is 0 Å². The van der Waals surface area contributed by atoms with Gasteiger partial charge in [-0.05, 0) is 18.9 Å². The van der Waals surface area contributed by atoms with Gasteiger partial charge in [-0.3, -0.25) is 4.79 Å². The lowest BCUT2D eigenvalue weighted by Gasteiger charge is -2.29. The van der Waals surface area contributed by atoms with Crippen molar-refractivity contribution in [3.05, 3.63) is 35.9 Å². The molecule has 0 saturated heterocycles. The van der Waals surface area contributed by atoms with E-state index >= 15 is 0 Å². The first kappa shape index (κ1) is 13.7. The smallest absolute Gasteiger partial charge is 0.217 e. The van der Waals surface area contributed by atoms with E-state index in [1.54, 1.807) is 6.92 Å². The molecule has 4 heteroatoms. The van der Waals surface area contributed by atoms with E-state index in [4.69, 9.17) is 0 Å². The molecule has 17 heavy (non-hydrogen) atoms. The molecule has 0 aliphatic heterocycles. The highest BCUT2D eigenvalue weighted by Gasteiger charge is 2.31. The fourth-order valence-electron chi connectivity index (χ4n) is 1.61. The standard InChI is InChI=1S/C13H19NO3/c1-10(14-11(2)15)13(16,17)9-8-12-6-4-3-5-7-12/h3-7,10,16-17H,8-9H2,1-2H3,(H,14,15). The number of nitrogens with one attached hydrogen (secondary N) is 1. The second kappa shape index (κ2) is 5.80. The van der Waals surface area contributed by atoms with E-state index in [2.05, 4.69) is 5.32 Å². The molecule has 0 saturated carbocycles. The summed E-state index contributed by atoms with van der Waals surface area (Å²) in [6.07, 6.45) is 0.732. The predicted octanol–water partition coefficient (Wildman–Crippen LogP) is 0.825. The lowest BCUT2D eigenvalue weighted by Crippen LogP contribution is -2.50. The van der Waals surface area contributed by atoms with Gasteiger partial charge in [0.1, 0.15) is 0 Å². The largest absolute Gasteiger partial charge is 0.364 e. The van der Waals surface area contributed by atoms with E-state index in [0.717, 1.165) is 5.56 Å². The van der Waals surface area contributed by atoms with Crippen LogP contribution in [0.4, 0.5) is 0 Å². The molecule has 3 N–H and O–H groups in total. The summed E-state index contributed by atoms with van der Waals surface area (Å²) in [7, 11) is 0. The van der Waals surface area contributed by atoms with Gasteiger partial charge in [-0.1, -0.05) is 30.3 Å². The highest BCUT2D eigenvalue weighted by molar-refractivity contribution is 5.73. The summed E-state index contributed by atoms with van der Waals surface area (Å²) in [5.74, 6) is -2.16. The third-order valence-electron chi connectivity index (χ3n) is 2.74. The Morgan fingerprint density at radius 2 is 1.94 bits per heavy atom. The highest BCUT2D eigenvalue weighted by Crippen LogP contribution is 2.15. The predicted molar refractivity (Wildman–Crippen MR) is 65.2 cm³/mol. The Bertz CT molecular complexity index is 362. The van der Waals surface area contributed by atoms with Gasteiger partial charge in [-0.15, -0.1) is 0 Å². The zero-order valence-electron chi connectivity index (χ0n) is 10.2. The molecule has 0 radical (unpaired) electrons. The van der Waals surface area contributed by atoms with Gasteiger partial charge in [-0.2, -0.15) is 0 Å². The van der Waals surface area contributed by atoms with Crippen molar-refractivity contribution in [1.82, 2.24) is 5.32 Å². The number of aryl methyl sites for hydroxylation is 1. The Labute approximate surface area is 101 Å². The van der Waals surface area contributed by atoms with Gasteiger partial charge in [0.15, 0.2) is 5.79 Å². The second-order valence-electron chi connectivity index (χ2n) is 4.29. The molecule has 1 atom stereocenters. The average Bonchev–Trinajstić information content (AvgIpc) is 2.27. The number of carbonyl (C=O) groups is 1. The summed E-state index contributed by atoms with van der Waals surface area (Å²) in [6.45, 7) is 2.93. The number of hydrogen-bond acceptors (Lipinski definition) is 3. The van der Waals surface area contributed by atoms with Gasteiger partial charge in [0.05, 0.1) is 6.04 Å². The van der Waals surface area contributed by atoms with Gasteiger partial charge in [0.2, 0.25) is 5.91 Å². The lowest BCUT2D eigenvalue weighted by atomic mass is 9.99. The van der Waals surface area contributed by atoms with Crippen LogP contribution in [0.15, 0.2) is 30.3 Å². The van der Waals surface area contributed by atoms with Crippen LogP contribution in [0.1, 0.15) is 25.8 Å². The number of benzene rings is 1. The number of rotatable bonds is 5. The van der Waals surface area contributed by atoms with E-state index < -0.39 is 11.8 Å². The van der Waals surface area contributed by atoms with Crippen LogP contribution in [0.3, 0.4) is 0 Å². The maximum atomic E-state index is 10.8. The molecule has 4 nitrogen and oxygen atoms in total. The Morgan fingerprint density at radius 3 is 2.47 bits per heavy atom. The first-order valence-corrected chi connectivity index (χ1v) is 5.67. The van der Waals surface area contributed by atoms with Crippen molar-refractivity contribution in [2.24, 2.45) is 0 Å². The summed E-state index contributed by atoms with van der Waals surface area (Å²) in [5, 5.41) is 22.1. The van der Waals surface area contributed by atoms with Gasteiger partial charge < -0.3 is 15.5 Å². The monoisotopic (exact) mass is 237 g/mol. The minimum atomic E-state index is -1.89. The van der Waals surface area contributed by atoms with Gasteiger partial charge >= 0.3 is 0 Å². The van der Waals surface area contributed by atoms with Gasteiger partial charge in [0.25, 0.3) is 0 Å². The van der Waals surface area contributed by atoms with Crippen molar-refractivity contribution in [2.45, 2.75) is 38.5 Å². The number of hydrogen-bond donors (Lipinski definition) is 3. The zero-order valence-corrected chi connectivity index (χ0v) is 10.2. The molecular formula is C13H19NO3. The molecule has 1 aromatic rings. The minimum Gasteiger partial charge on any atom is -0.364 e. The highest BCUT2D eigenvalue weighted by atomic mass is 16.5. The van der Waals surface area contributed by atoms with E-state index in [-0.39, 0.29) is 12.3 Å². The molecule has 0 aromatic heterocycles. The Hall–Kier alpha value is -1.39. The van der Waals surface area contributed by atoms with Crippen LogP contribution in [0.5, 0.6) is 0 Å². The lowest BCUT2D eigenvalue weighted by molar-refractivity contribution is -0.185. The van der Waals surface area contributed by atoms with Crippen LogP contribution in [-0.2, 0) is 11.2 Å². The molecule has 0 heterocycles. The summed E-state index contributed by atoms with van der Waals surface area (Å²) in [6, 6.07) is 8.89. The minimum absolute atomic E-state index is 0.179. The maximum Gasteiger partial charge on any atom is 0.217 e. The molecule has 0 spiro atoms. The van der Waals surface area contributed by atoms with Crippen molar-refractivity contribution in [3.63, 3.8) is 0 Å². The summed E-state index contributed by atoms with van der Waals surface area (Å²) in [5.41, 5.74) is 1.04. The molecule has 1 amide bonds. The van der Waals surface area contributed by atoms with Crippen molar-refractivity contribution >= 4 is 5.91 Å². The first-order chi connectivity index (χ1) is 7.92. The van der Waals surface area contributed by atoms with Crippen molar-refractivity contribution in [3.8, 4) is 0 Å². The second-order valence-corrected chi connectivity index (χ2v) is 4.29. The Morgan fingerprint density at radius 1 is 1.35 bits per heavy atom. The SMILES string of the molecule is CC(=O)NC(C)C(O)(O)CCc1ccccc1. The topological polar surface area (TPSA) is 69.6 Å². The summed E-state index contributed by atoms with van der Waals surface area (Å²) in [4.78, 5) is 10.8.